The Bertz CT molecular complexity index is 704. The molecule has 152 valence electrons. The average molecular weight is 405 g/mol. The van der Waals surface area contributed by atoms with Crippen LogP contribution in [-0.2, 0) is 6.42 Å². The van der Waals surface area contributed by atoms with Gasteiger partial charge in [-0.05, 0) is 93.2 Å². The first-order chi connectivity index (χ1) is 13.6. The summed E-state index contributed by atoms with van der Waals surface area (Å²) in [5.74, 6) is 7.48. The molecule has 0 heterocycles. The van der Waals surface area contributed by atoms with Crippen molar-refractivity contribution in [2.45, 2.75) is 71.1 Å². The Labute approximate surface area is 173 Å². The molecule has 0 N–H and O–H groups in total. The minimum absolute atomic E-state index is 0.0624. The molecule has 0 nitrogen and oxygen atoms in total. The number of aryl methyl sites for hydroxylation is 1. The third kappa shape index (κ3) is 5.60. The Hall–Kier alpha value is -1.33. The minimum atomic E-state index is -0.521. The van der Waals surface area contributed by atoms with Crippen molar-refractivity contribution in [3.8, 4) is 11.8 Å². The van der Waals surface area contributed by atoms with Gasteiger partial charge < -0.3 is 0 Å². The molecule has 2 aliphatic rings. The molecule has 0 unspecified atom stereocenters. The van der Waals surface area contributed by atoms with Crippen LogP contribution >= 0.6 is 11.6 Å². The smallest absolute Gasteiger partial charge is 0.142 e. The van der Waals surface area contributed by atoms with E-state index in [2.05, 4.69) is 17.9 Å². The summed E-state index contributed by atoms with van der Waals surface area (Å²) in [6, 6.07) is 2.87. The van der Waals surface area contributed by atoms with Crippen molar-refractivity contribution in [1.82, 2.24) is 0 Å². The number of halogens is 3. The molecule has 0 spiro atoms. The first-order valence-electron chi connectivity index (χ1n) is 10.9. The highest BCUT2D eigenvalue weighted by atomic mass is 35.5. The Morgan fingerprint density at radius 1 is 0.964 bits per heavy atom. The van der Waals surface area contributed by atoms with Gasteiger partial charge in [-0.15, -0.1) is 0 Å². The van der Waals surface area contributed by atoms with Crippen LogP contribution in [0.5, 0.6) is 0 Å². The van der Waals surface area contributed by atoms with Crippen molar-refractivity contribution >= 4 is 11.6 Å². The summed E-state index contributed by atoms with van der Waals surface area (Å²) in [7, 11) is 0. The molecule has 0 saturated heterocycles. The maximum absolute atomic E-state index is 14.2. The maximum Gasteiger partial charge on any atom is 0.142 e. The average Bonchev–Trinajstić information content (AvgIpc) is 2.69. The summed E-state index contributed by atoms with van der Waals surface area (Å²) in [5.41, 5.74) is 2.31. The molecule has 2 fully saturated rings. The van der Waals surface area contributed by atoms with Gasteiger partial charge >= 0.3 is 0 Å². The highest BCUT2D eigenvalue weighted by Crippen LogP contribution is 2.41. The summed E-state index contributed by atoms with van der Waals surface area (Å²) in [4.78, 5) is 0. The number of hydrogen-bond donors (Lipinski definition) is 0. The normalized spacial score (nSPS) is 28.1. The third-order valence-corrected chi connectivity index (χ3v) is 6.79. The molecule has 0 aromatic heterocycles. The van der Waals surface area contributed by atoms with Gasteiger partial charge in [-0.25, -0.2) is 8.78 Å². The van der Waals surface area contributed by atoms with E-state index in [1.54, 1.807) is 5.54 Å². The van der Waals surface area contributed by atoms with Crippen LogP contribution < -0.4 is 0 Å². The Morgan fingerprint density at radius 2 is 1.54 bits per heavy atom. The largest absolute Gasteiger partial charge is 0.206 e. The van der Waals surface area contributed by atoms with Crippen LogP contribution in [0.2, 0.25) is 0 Å². The molecule has 0 radical (unpaired) electrons. The zero-order chi connectivity index (χ0) is 19.9. The maximum atomic E-state index is 14.2. The van der Waals surface area contributed by atoms with Gasteiger partial charge in [0.25, 0.3) is 0 Å². The molecule has 3 rings (SSSR count). The second kappa shape index (κ2) is 10.4. The molecule has 3 heteroatoms. The minimum Gasteiger partial charge on any atom is -0.206 e. The predicted octanol–water partition coefficient (Wildman–Crippen LogP) is 7.63. The summed E-state index contributed by atoms with van der Waals surface area (Å²) in [6.07, 6.45) is 13.3. The van der Waals surface area contributed by atoms with Gasteiger partial charge in [0.05, 0.1) is 5.56 Å². The fraction of sp³-hybridized carbons (Fsp3) is 0.600. The summed E-state index contributed by atoms with van der Waals surface area (Å²) in [6.45, 7) is 2.00. The van der Waals surface area contributed by atoms with Crippen molar-refractivity contribution < 1.29 is 8.78 Å². The van der Waals surface area contributed by atoms with E-state index in [9.17, 15) is 8.78 Å². The zero-order valence-electron chi connectivity index (χ0n) is 16.8. The van der Waals surface area contributed by atoms with Crippen molar-refractivity contribution in [3.63, 3.8) is 0 Å². The topological polar surface area (TPSA) is 0 Å². The molecule has 2 aliphatic carbocycles. The van der Waals surface area contributed by atoms with E-state index in [-0.39, 0.29) is 11.5 Å². The lowest BCUT2D eigenvalue weighted by Gasteiger charge is -2.36. The van der Waals surface area contributed by atoms with E-state index in [0.717, 1.165) is 31.1 Å². The Morgan fingerprint density at radius 3 is 2.07 bits per heavy atom. The predicted molar refractivity (Wildman–Crippen MR) is 113 cm³/mol. The third-order valence-electron chi connectivity index (χ3n) is 6.64. The fourth-order valence-corrected chi connectivity index (χ4v) is 5.20. The molecule has 0 bridgehead atoms. The monoisotopic (exact) mass is 404 g/mol. The molecule has 0 atom stereocenters. The lowest BCUT2D eigenvalue weighted by atomic mass is 9.69. The second-order valence-electron chi connectivity index (χ2n) is 8.56. The van der Waals surface area contributed by atoms with Crippen LogP contribution in [0.25, 0.3) is 0 Å². The summed E-state index contributed by atoms with van der Waals surface area (Å²) < 4.78 is 28.4. The fourth-order valence-electron chi connectivity index (χ4n) is 5.00. The van der Waals surface area contributed by atoms with Gasteiger partial charge in [0.15, 0.2) is 0 Å². The van der Waals surface area contributed by atoms with E-state index in [4.69, 9.17) is 11.6 Å². The molecule has 0 amide bonds. The molecule has 1 aromatic carbocycles. The molecule has 1 aromatic rings. The molecule has 28 heavy (non-hydrogen) atoms. The lowest BCUT2D eigenvalue weighted by Crippen LogP contribution is -2.25. The highest BCUT2D eigenvalue weighted by Gasteiger charge is 2.29. The second-order valence-corrected chi connectivity index (χ2v) is 8.81. The Balaban J connectivity index is 1.53. The zero-order valence-corrected chi connectivity index (χ0v) is 17.6. The van der Waals surface area contributed by atoms with E-state index >= 15 is 0 Å². The SMILES string of the molecule is CCCc1cc(F)c(C#C[C@H]2CC[C@H]([C@H]3CC[C@H](C=CCl)CC3)CC2)c(F)c1. The van der Waals surface area contributed by atoms with Crippen molar-refractivity contribution in [3.05, 3.63) is 46.5 Å². The molecular weight excluding hydrogens is 374 g/mol. The number of rotatable bonds is 4. The van der Waals surface area contributed by atoms with Gasteiger partial charge in [-0.3, -0.25) is 0 Å². The quantitative estimate of drug-likeness (QED) is 0.452. The van der Waals surface area contributed by atoms with Gasteiger partial charge in [-0.1, -0.05) is 42.9 Å². The molecule has 0 aliphatic heterocycles. The number of benzene rings is 1. The van der Waals surface area contributed by atoms with Crippen molar-refractivity contribution in [2.24, 2.45) is 23.7 Å². The van der Waals surface area contributed by atoms with E-state index < -0.39 is 11.6 Å². The van der Waals surface area contributed by atoms with Gasteiger partial charge in [0.1, 0.15) is 11.6 Å². The highest BCUT2D eigenvalue weighted by molar-refractivity contribution is 6.25. The van der Waals surface area contributed by atoms with Gasteiger partial charge in [0.2, 0.25) is 0 Å². The van der Waals surface area contributed by atoms with Crippen LogP contribution in [-0.4, -0.2) is 0 Å². The van der Waals surface area contributed by atoms with E-state index in [0.29, 0.717) is 17.9 Å². The van der Waals surface area contributed by atoms with Crippen LogP contribution in [0.15, 0.2) is 23.7 Å². The standard InChI is InChI=1S/C25H31ClF2/c1-2-3-20-16-24(27)23(25(28)17-20)13-8-18-4-9-21(10-5-18)22-11-6-19(7-12-22)14-15-26/h14-19,21-22H,2-7,9-12H2,1H3/t18-,19-,21-,22-. The number of hydrogen-bond acceptors (Lipinski definition) is 0. The van der Waals surface area contributed by atoms with Crippen LogP contribution in [0, 0.1) is 47.1 Å². The Kier molecular flexibility index (Phi) is 7.98. The van der Waals surface area contributed by atoms with Crippen LogP contribution in [0.3, 0.4) is 0 Å². The van der Waals surface area contributed by atoms with E-state index in [1.165, 1.54) is 50.7 Å². The van der Waals surface area contributed by atoms with Crippen molar-refractivity contribution in [2.75, 3.05) is 0 Å². The van der Waals surface area contributed by atoms with Crippen molar-refractivity contribution in [1.29, 1.82) is 0 Å². The van der Waals surface area contributed by atoms with Crippen LogP contribution in [0.1, 0.15) is 75.8 Å². The van der Waals surface area contributed by atoms with Crippen LogP contribution in [0.4, 0.5) is 8.78 Å². The van der Waals surface area contributed by atoms with Gasteiger partial charge in [0, 0.05) is 11.5 Å². The summed E-state index contributed by atoms with van der Waals surface area (Å²) in [5, 5.41) is 0. The molecule has 2 saturated carbocycles. The lowest BCUT2D eigenvalue weighted by molar-refractivity contribution is 0.168. The van der Waals surface area contributed by atoms with E-state index in [1.807, 2.05) is 6.92 Å². The molecular formula is C25H31ClF2. The number of allylic oxidation sites excluding steroid dienone is 1. The first-order valence-corrected chi connectivity index (χ1v) is 11.3. The first kappa shape index (κ1) is 21.4. The summed E-state index contributed by atoms with van der Waals surface area (Å²) >= 11 is 5.71. The van der Waals surface area contributed by atoms with Gasteiger partial charge in [-0.2, -0.15) is 0 Å².